The Morgan fingerprint density at radius 1 is 1.30 bits per heavy atom. The van der Waals surface area contributed by atoms with Gasteiger partial charge in [0, 0.05) is 19.3 Å². The van der Waals surface area contributed by atoms with Gasteiger partial charge in [-0.15, -0.1) is 0 Å². The molecule has 1 rings (SSSR count). The normalized spacial score (nSPS) is 10.2. The van der Waals surface area contributed by atoms with Crippen molar-refractivity contribution in [3.05, 3.63) is 29.0 Å². The zero-order valence-corrected chi connectivity index (χ0v) is 12.6. The van der Waals surface area contributed by atoms with Gasteiger partial charge in [0.05, 0.1) is 12.1 Å². The monoisotopic (exact) mass is 297 g/mol. The fourth-order valence-corrected chi connectivity index (χ4v) is 1.81. The molecule has 0 atom stereocenters. The zero-order chi connectivity index (χ0) is 15.0. The summed E-state index contributed by atoms with van der Waals surface area (Å²) in [4.78, 5) is 29.5. The third-order valence-electron chi connectivity index (χ3n) is 2.66. The lowest BCUT2D eigenvalue weighted by atomic mass is 10.2. The molecular weight excluding hydrogens is 278 g/mol. The molecule has 110 valence electrons. The zero-order valence-electron chi connectivity index (χ0n) is 11.9. The lowest BCUT2D eigenvalue weighted by Crippen LogP contribution is -2.41. The summed E-state index contributed by atoms with van der Waals surface area (Å²) in [5.74, 6) is -0.349. The minimum absolute atomic E-state index is 0.0648. The summed E-state index contributed by atoms with van der Waals surface area (Å²) in [5.41, 5.74) is 0.436. The quantitative estimate of drug-likeness (QED) is 0.784. The van der Waals surface area contributed by atoms with Gasteiger partial charge in [0.1, 0.15) is 5.15 Å². The van der Waals surface area contributed by atoms with Gasteiger partial charge in [-0.25, -0.2) is 4.98 Å². The van der Waals surface area contributed by atoms with Crippen molar-refractivity contribution < 1.29 is 9.59 Å². The molecule has 0 aliphatic heterocycles. The third kappa shape index (κ3) is 5.17. The van der Waals surface area contributed by atoms with Crippen LogP contribution in [0.15, 0.2) is 18.3 Å². The molecule has 1 heterocycles. The van der Waals surface area contributed by atoms with Crippen LogP contribution in [0.3, 0.4) is 0 Å². The first-order valence-corrected chi connectivity index (χ1v) is 7.13. The minimum atomic E-state index is -0.206. The Labute approximate surface area is 124 Å². The van der Waals surface area contributed by atoms with Gasteiger partial charge in [-0.05, 0) is 25.0 Å². The second kappa shape index (κ2) is 8.53. The van der Waals surface area contributed by atoms with E-state index in [1.807, 2.05) is 13.8 Å². The van der Waals surface area contributed by atoms with Crippen molar-refractivity contribution in [2.24, 2.45) is 0 Å². The highest BCUT2D eigenvalue weighted by atomic mass is 35.5. The van der Waals surface area contributed by atoms with E-state index in [4.69, 9.17) is 11.6 Å². The molecular formula is C14H20ClN3O2. The van der Waals surface area contributed by atoms with E-state index in [-0.39, 0.29) is 18.4 Å². The molecule has 0 saturated heterocycles. The number of nitrogens with one attached hydrogen (secondary N) is 1. The second-order valence-electron chi connectivity index (χ2n) is 4.45. The van der Waals surface area contributed by atoms with Gasteiger partial charge in [-0.2, -0.15) is 0 Å². The Morgan fingerprint density at radius 3 is 2.60 bits per heavy atom. The molecule has 1 aromatic heterocycles. The Bertz CT molecular complexity index is 448. The summed E-state index contributed by atoms with van der Waals surface area (Å²) in [5, 5.41) is 3.10. The number of nitrogens with zero attached hydrogens (tertiary/aromatic N) is 2. The van der Waals surface area contributed by atoms with E-state index >= 15 is 0 Å². The number of carbonyl (C=O) groups excluding carboxylic acids is 2. The number of rotatable bonds is 7. The molecule has 5 nitrogen and oxygen atoms in total. The van der Waals surface area contributed by atoms with Crippen molar-refractivity contribution in [3.8, 4) is 0 Å². The average molecular weight is 298 g/mol. The maximum Gasteiger partial charge on any atom is 0.255 e. The van der Waals surface area contributed by atoms with Crippen molar-refractivity contribution in [2.45, 2.75) is 26.7 Å². The van der Waals surface area contributed by atoms with Gasteiger partial charge in [-0.3, -0.25) is 9.59 Å². The fourth-order valence-electron chi connectivity index (χ4n) is 1.70. The highest BCUT2D eigenvalue weighted by molar-refractivity contribution is 6.29. The van der Waals surface area contributed by atoms with Crippen molar-refractivity contribution in [2.75, 3.05) is 19.6 Å². The lowest BCUT2D eigenvalue weighted by molar-refractivity contribution is -0.121. The van der Waals surface area contributed by atoms with Crippen LogP contribution in [0, 0.1) is 0 Å². The number of halogens is 1. The molecule has 0 fully saturated rings. The first-order chi connectivity index (χ1) is 9.58. The molecule has 0 radical (unpaired) electrons. The van der Waals surface area contributed by atoms with Gasteiger partial charge >= 0.3 is 0 Å². The molecule has 20 heavy (non-hydrogen) atoms. The van der Waals surface area contributed by atoms with Crippen LogP contribution in [0.4, 0.5) is 0 Å². The molecule has 0 aliphatic carbocycles. The molecule has 0 bridgehead atoms. The molecule has 0 aromatic carbocycles. The highest BCUT2D eigenvalue weighted by Gasteiger charge is 2.18. The molecule has 2 amide bonds. The van der Waals surface area contributed by atoms with E-state index in [2.05, 4.69) is 10.3 Å². The van der Waals surface area contributed by atoms with Crippen molar-refractivity contribution in [1.82, 2.24) is 15.2 Å². The molecule has 1 aromatic rings. The number of aromatic nitrogens is 1. The molecule has 1 N–H and O–H groups in total. The molecule has 0 aliphatic rings. The van der Waals surface area contributed by atoms with Gasteiger partial charge in [0.15, 0.2) is 0 Å². The number of carbonyl (C=O) groups is 2. The summed E-state index contributed by atoms with van der Waals surface area (Å²) in [6, 6.07) is 3.18. The van der Waals surface area contributed by atoms with Gasteiger partial charge in [0.2, 0.25) is 5.91 Å². The van der Waals surface area contributed by atoms with E-state index in [0.717, 1.165) is 12.8 Å². The third-order valence-corrected chi connectivity index (χ3v) is 2.89. The number of hydrogen-bond acceptors (Lipinski definition) is 3. The van der Waals surface area contributed by atoms with E-state index in [9.17, 15) is 9.59 Å². The summed E-state index contributed by atoms with van der Waals surface area (Å²) in [6.45, 7) is 5.16. The van der Waals surface area contributed by atoms with Crippen LogP contribution in [0.25, 0.3) is 0 Å². The first kappa shape index (κ1) is 16.4. The maximum absolute atomic E-state index is 12.3. The Morgan fingerprint density at radius 2 is 2.05 bits per heavy atom. The van der Waals surface area contributed by atoms with E-state index in [0.29, 0.717) is 23.8 Å². The largest absolute Gasteiger partial charge is 0.355 e. The van der Waals surface area contributed by atoms with Crippen molar-refractivity contribution in [3.63, 3.8) is 0 Å². The fraction of sp³-hybridized carbons (Fsp3) is 0.500. The van der Waals surface area contributed by atoms with Crippen LogP contribution in [-0.2, 0) is 4.79 Å². The Balaban J connectivity index is 2.71. The van der Waals surface area contributed by atoms with Gasteiger partial charge in [-0.1, -0.05) is 25.4 Å². The summed E-state index contributed by atoms with van der Waals surface area (Å²) in [7, 11) is 0. The summed E-state index contributed by atoms with van der Waals surface area (Å²) < 4.78 is 0. The SMILES string of the molecule is CCCNC(=O)CN(CCC)C(=O)c1ccc(Cl)nc1. The molecule has 6 heteroatoms. The number of hydrogen-bond donors (Lipinski definition) is 1. The smallest absolute Gasteiger partial charge is 0.255 e. The van der Waals surface area contributed by atoms with Crippen LogP contribution < -0.4 is 5.32 Å². The van der Waals surface area contributed by atoms with E-state index in [1.54, 1.807) is 12.1 Å². The minimum Gasteiger partial charge on any atom is -0.355 e. The maximum atomic E-state index is 12.3. The summed E-state index contributed by atoms with van der Waals surface area (Å²) in [6.07, 6.45) is 3.08. The standard InChI is InChI=1S/C14H20ClN3O2/c1-3-7-16-13(19)10-18(8-4-2)14(20)11-5-6-12(15)17-9-11/h5-6,9H,3-4,7-8,10H2,1-2H3,(H,16,19). The van der Waals surface area contributed by atoms with Crippen molar-refractivity contribution in [1.29, 1.82) is 0 Å². The lowest BCUT2D eigenvalue weighted by Gasteiger charge is -2.21. The first-order valence-electron chi connectivity index (χ1n) is 6.76. The van der Waals surface area contributed by atoms with Gasteiger partial charge < -0.3 is 10.2 Å². The second-order valence-corrected chi connectivity index (χ2v) is 4.83. The van der Waals surface area contributed by atoms with Crippen LogP contribution in [0.5, 0.6) is 0 Å². The predicted octanol–water partition coefficient (Wildman–Crippen LogP) is 2.11. The Hall–Kier alpha value is -1.62. The van der Waals surface area contributed by atoms with Crippen LogP contribution >= 0.6 is 11.6 Å². The highest BCUT2D eigenvalue weighted by Crippen LogP contribution is 2.08. The topological polar surface area (TPSA) is 62.3 Å². The molecule has 0 unspecified atom stereocenters. The number of amides is 2. The molecule has 0 saturated carbocycles. The molecule has 0 spiro atoms. The van der Waals surface area contributed by atoms with Crippen LogP contribution in [0.2, 0.25) is 5.15 Å². The van der Waals surface area contributed by atoms with Crippen molar-refractivity contribution >= 4 is 23.4 Å². The average Bonchev–Trinajstić information content (AvgIpc) is 2.44. The van der Waals surface area contributed by atoms with E-state index < -0.39 is 0 Å². The predicted molar refractivity (Wildman–Crippen MR) is 78.7 cm³/mol. The van der Waals surface area contributed by atoms with E-state index in [1.165, 1.54) is 11.1 Å². The Kier molecular flexibility index (Phi) is 7.01. The summed E-state index contributed by atoms with van der Waals surface area (Å²) >= 11 is 5.70. The number of pyridine rings is 1. The van der Waals surface area contributed by atoms with Crippen LogP contribution in [0.1, 0.15) is 37.0 Å². The van der Waals surface area contributed by atoms with Gasteiger partial charge in [0.25, 0.3) is 5.91 Å². The van der Waals surface area contributed by atoms with Crippen LogP contribution in [-0.4, -0.2) is 41.3 Å².